The van der Waals surface area contributed by atoms with Crippen molar-refractivity contribution in [1.82, 2.24) is 8.87 Å². The highest BCUT2D eigenvalue weighted by Gasteiger charge is 2.28. The van der Waals surface area contributed by atoms with Crippen LogP contribution in [0.2, 0.25) is 5.02 Å². The predicted octanol–water partition coefficient (Wildman–Crippen LogP) is 2.68. The van der Waals surface area contributed by atoms with Crippen LogP contribution in [0.4, 0.5) is 5.69 Å². The highest BCUT2D eigenvalue weighted by molar-refractivity contribution is 7.89. The van der Waals surface area contributed by atoms with Gasteiger partial charge >= 0.3 is 5.76 Å². The molecule has 164 valence electrons. The largest absolute Gasteiger partial charge is 0.495 e. The monoisotopic (exact) mass is 465 g/mol. The number of aromatic nitrogens is 1. The summed E-state index contributed by atoms with van der Waals surface area (Å²) in [7, 11) is -2.16. The van der Waals surface area contributed by atoms with E-state index in [1.54, 1.807) is 12.1 Å². The van der Waals surface area contributed by atoms with Crippen LogP contribution in [-0.4, -0.2) is 43.4 Å². The van der Waals surface area contributed by atoms with E-state index in [1.165, 1.54) is 35.7 Å². The standard InChI is InChI=1S/C20H20ClN3O6S/c1-29-17-7-4-13(10-15(17)21)22-19(25)12-24-16-6-5-14(11-18(16)30-20(24)26)31(27,28)23-8-2-3-9-23/h4-7,10-11H,2-3,8-9,12H2,1H3,(H,22,25). The summed E-state index contributed by atoms with van der Waals surface area (Å²) in [6.45, 7) is 0.634. The van der Waals surface area contributed by atoms with Gasteiger partial charge in [0.15, 0.2) is 5.58 Å². The van der Waals surface area contributed by atoms with E-state index in [1.807, 2.05) is 0 Å². The number of hydrogen-bond acceptors (Lipinski definition) is 6. The van der Waals surface area contributed by atoms with Crippen molar-refractivity contribution in [2.75, 3.05) is 25.5 Å². The molecular formula is C20H20ClN3O6S. The van der Waals surface area contributed by atoms with E-state index in [-0.39, 0.29) is 17.0 Å². The van der Waals surface area contributed by atoms with Crippen LogP contribution in [0.25, 0.3) is 11.1 Å². The van der Waals surface area contributed by atoms with Crippen LogP contribution in [0.1, 0.15) is 12.8 Å². The molecule has 1 aromatic heterocycles. The first-order chi connectivity index (χ1) is 14.8. The SMILES string of the molecule is COc1ccc(NC(=O)Cn2c(=O)oc3cc(S(=O)(=O)N4CCCC4)ccc32)cc1Cl. The lowest BCUT2D eigenvalue weighted by Crippen LogP contribution is -2.27. The Kier molecular flexibility index (Phi) is 5.78. The highest BCUT2D eigenvalue weighted by Crippen LogP contribution is 2.27. The van der Waals surface area contributed by atoms with Crippen LogP contribution in [0.3, 0.4) is 0 Å². The van der Waals surface area contributed by atoms with E-state index in [0.717, 1.165) is 17.4 Å². The molecule has 1 N–H and O–H groups in total. The Morgan fingerprint density at radius 3 is 2.61 bits per heavy atom. The van der Waals surface area contributed by atoms with Crippen molar-refractivity contribution in [3.63, 3.8) is 0 Å². The van der Waals surface area contributed by atoms with Gasteiger partial charge in [-0.2, -0.15) is 4.31 Å². The maximum atomic E-state index is 12.7. The van der Waals surface area contributed by atoms with Crippen molar-refractivity contribution in [1.29, 1.82) is 0 Å². The van der Waals surface area contributed by atoms with Gasteiger partial charge in [-0.1, -0.05) is 11.6 Å². The van der Waals surface area contributed by atoms with Crippen molar-refractivity contribution >= 4 is 44.3 Å². The zero-order chi connectivity index (χ0) is 22.2. The fraction of sp³-hybridized carbons (Fsp3) is 0.300. The van der Waals surface area contributed by atoms with Gasteiger partial charge in [0, 0.05) is 24.8 Å². The summed E-state index contributed by atoms with van der Waals surface area (Å²) in [4.78, 5) is 24.8. The molecule has 1 amide bonds. The van der Waals surface area contributed by atoms with Crippen molar-refractivity contribution in [3.8, 4) is 5.75 Å². The number of sulfonamides is 1. The molecule has 0 atom stereocenters. The van der Waals surface area contributed by atoms with Gasteiger partial charge in [-0.25, -0.2) is 13.2 Å². The molecule has 2 heterocycles. The first-order valence-electron chi connectivity index (χ1n) is 9.56. The average molecular weight is 466 g/mol. The second-order valence-electron chi connectivity index (χ2n) is 7.09. The van der Waals surface area contributed by atoms with Crippen LogP contribution in [0.5, 0.6) is 5.75 Å². The molecule has 0 bridgehead atoms. The number of benzene rings is 2. The lowest BCUT2D eigenvalue weighted by atomic mass is 10.3. The third kappa shape index (κ3) is 4.18. The number of methoxy groups -OCH3 is 1. The number of nitrogens with zero attached hydrogens (tertiary/aromatic N) is 2. The number of rotatable bonds is 6. The van der Waals surface area contributed by atoms with E-state index in [2.05, 4.69) is 5.32 Å². The minimum atomic E-state index is -3.65. The summed E-state index contributed by atoms with van der Waals surface area (Å²) >= 11 is 6.06. The number of nitrogens with one attached hydrogen (secondary N) is 1. The summed E-state index contributed by atoms with van der Waals surface area (Å²) < 4.78 is 38.3. The molecule has 2 aromatic carbocycles. The van der Waals surface area contributed by atoms with Gasteiger partial charge in [0.2, 0.25) is 15.9 Å². The highest BCUT2D eigenvalue weighted by atomic mass is 35.5. The van der Waals surface area contributed by atoms with E-state index in [0.29, 0.717) is 35.1 Å². The third-order valence-electron chi connectivity index (χ3n) is 5.08. The van der Waals surface area contributed by atoms with E-state index >= 15 is 0 Å². The molecular weight excluding hydrogens is 446 g/mol. The molecule has 3 aromatic rings. The molecule has 0 unspecified atom stereocenters. The number of carbonyl (C=O) groups is 1. The smallest absolute Gasteiger partial charge is 0.420 e. The number of anilines is 1. The van der Waals surface area contributed by atoms with Crippen LogP contribution in [0.15, 0.2) is 50.5 Å². The number of halogens is 1. The van der Waals surface area contributed by atoms with Crippen LogP contribution in [-0.2, 0) is 21.4 Å². The summed E-state index contributed by atoms with van der Waals surface area (Å²) in [5.41, 5.74) is 0.870. The molecule has 0 saturated carbocycles. The minimum Gasteiger partial charge on any atom is -0.495 e. The first-order valence-corrected chi connectivity index (χ1v) is 11.4. The van der Waals surface area contributed by atoms with Gasteiger partial charge in [-0.3, -0.25) is 9.36 Å². The quantitative estimate of drug-likeness (QED) is 0.599. The Hall–Kier alpha value is -2.82. The predicted molar refractivity (Wildman–Crippen MR) is 115 cm³/mol. The van der Waals surface area contributed by atoms with Gasteiger partial charge in [0.25, 0.3) is 0 Å². The molecule has 0 aliphatic carbocycles. The van der Waals surface area contributed by atoms with Crippen LogP contribution in [0, 0.1) is 0 Å². The number of fused-ring (bicyclic) bond motifs is 1. The molecule has 4 rings (SSSR count). The van der Waals surface area contributed by atoms with Crippen LogP contribution >= 0.6 is 11.6 Å². The molecule has 1 aliphatic heterocycles. The molecule has 1 saturated heterocycles. The molecule has 0 radical (unpaired) electrons. The topological polar surface area (TPSA) is 111 Å². The zero-order valence-corrected chi connectivity index (χ0v) is 18.2. The van der Waals surface area contributed by atoms with E-state index in [4.69, 9.17) is 20.8 Å². The van der Waals surface area contributed by atoms with Crippen molar-refractivity contribution in [3.05, 3.63) is 52.0 Å². The van der Waals surface area contributed by atoms with Gasteiger partial charge in [-0.15, -0.1) is 0 Å². The molecule has 11 heteroatoms. The summed E-state index contributed by atoms with van der Waals surface area (Å²) in [5, 5.41) is 2.99. The Morgan fingerprint density at radius 1 is 1.19 bits per heavy atom. The maximum Gasteiger partial charge on any atom is 0.420 e. The lowest BCUT2D eigenvalue weighted by Gasteiger charge is -2.15. The molecule has 31 heavy (non-hydrogen) atoms. The van der Waals surface area contributed by atoms with E-state index < -0.39 is 21.7 Å². The number of hydrogen-bond donors (Lipinski definition) is 1. The third-order valence-corrected chi connectivity index (χ3v) is 7.27. The fourth-order valence-corrected chi connectivity index (χ4v) is 5.31. The van der Waals surface area contributed by atoms with Crippen molar-refractivity contribution in [2.24, 2.45) is 0 Å². The fourth-order valence-electron chi connectivity index (χ4n) is 3.52. The Balaban J connectivity index is 1.57. The van der Waals surface area contributed by atoms with Gasteiger partial charge in [0.1, 0.15) is 12.3 Å². The van der Waals surface area contributed by atoms with E-state index in [9.17, 15) is 18.0 Å². The lowest BCUT2D eigenvalue weighted by molar-refractivity contribution is -0.116. The Labute approximate surface area is 183 Å². The second-order valence-corrected chi connectivity index (χ2v) is 9.44. The molecule has 1 fully saturated rings. The number of carbonyl (C=O) groups excluding carboxylic acids is 1. The maximum absolute atomic E-state index is 12.7. The number of ether oxygens (including phenoxy) is 1. The number of amides is 1. The first kappa shape index (κ1) is 21.4. The van der Waals surface area contributed by atoms with Crippen LogP contribution < -0.4 is 15.8 Å². The normalized spacial score (nSPS) is 14.8. The van der Waals surface area contributed by atoms with Crippen molar-refractivity contribution in [2.45, 2.75) is 24.3 Å². The summed E-state index contributed by atoms with van der Waals surface area (Å²) in [5.74, 6) is -0.759. The summed E-state index contributed by atoms with van der Waals surface area (Å²) in [6, 6.07) is 8.98. The average Bonchev–Trinajstić information content (AvgIpc) is 3.37. The molecule has 9 nitrogen and oxygen atoms in total. The Bertz CT molecular complexity index is 1310. The summed E-state index contributed by atoms with van der Waals surface area (Å²) in [6.07, 6.45) is 1.64. The molecule has 0 spiro atoms. The van der Waals surface area contributed by atoms with Gasteiger partial charge in [-0.05, 0) is 43.2 Å². The Morgan fingerprint density at radius 2 is 1.94 bits per heavy atom. The minimum absolute atomic E-state index is 0.0557. The zero-order valence-electron chi connectivity index (χ0n) is 16.6. The van der Waals surface area contributed by atoms with Crippen molar-refractivity contribution < 1.29 is 22.4 Å². The number of oxazole rings is 1. The van der Waals surface area contributed by atoms with Gasteiger partial charge < -0.3 is 14.5 Å². The van der Waals surface area contributed by atoms with Gasteiger partial charge in [0.05, 0.1) is 22.5 Å². The molecule has 1 aliphatic rings. The second kappa shape index (κ2) is 8.37.